The van der Waals surface area contributed by atoms with E-state index < -0.39 is 29.7 Å². The minimum absolute atomic E-state index is 0.00470. The summed E-state index contributed by atoms with van der Waals surface area (Å²) in [7, 11) is 0. The van der Waals surface area contributed by atoms with Crippen LogP contribution in [-0.4, -0.2) is 26.0 Å². The van der Waals surface area contributed by atoms with Crippen LogP contribution in [0.3, 0.4) is 0 Å². The molecule has 0 aliphatic carbocycles. The van der Waals surface area contributed by atoms with Crippen LogP contribution in [-0.2, 0) is 15.9 Å². The first-order valence-electron chi connectivity index (χ1n) is 12.7. The number of unbranched alkanes of at least 4 members (excludes halogenated alkanes) is 3. The minimum Gasteiger partial charge on any atom is -0.493 e. The average Bonchev–Trinajstić information content (AvgIpc) is 2.90. The fourth-order valence-electron chi connectivity index (χ4n) is 4.30. The standard InChI is InChI=1S/C30H29F5O3/c1-2-3-4-5-6-20-7-10-24(11-8-20)36-17-21-18-37-29(38-19-21)22-9-12-25-23(15-22)16-27(31)26(28(25)32)13-14-30(33,34)35/h7-12,15-16,21,29H,2-6,17-19H2,1H3. The summed E-state index contributed by atoms with van der Waals surface area (Å²) in [4.78, 5) is 0. The third-order valence-corrected chi connectivity index (χ3v) is 6.35. The molecule has 0 atom stereocenters. The van der Waals surface area contributed by atoms with Gasteiger partial charge in [-0.2, -0.15) is 13.2 Å². The summed E-state index contributed by atoms with van der Waals surface area (Å²) in [5, 5.41) is 0.122. The summed E-state index contributed by atoms with van der Waals surface area (Å²) in [5.74, 6) is 0.925. The van der Waals surface area contributed by atoms with Crippen LogP contribution >= 0.6 is 0 Å². The highest BCUT2D eigenvalue weighted by Crippen LogP contribution is 2.31. The second-order valence-electron chi connectivity index (χ2n) is 9.41. The predicted molar refractivity (Wildman–Crippen MR) is 135 cm³/mol. The lowest BCUT2D eigenvalue weighted by atomic mass is 10.0. The molecule has 38 heavy (non-hydrogen) atoms. The SMILES string of the molecule is CCCCCCc1ccc(OCC2COC(c3ccc4c(F)c(C#CC(F)(F)F)c(F)cc4c3)OC2)cc1. The number of rotatable bonds is 9. The van der Waals surface area contributed by atoms with Gasteiger partial charge in [-0.05, 0) is 48.1 Å². The Morgan fingerprint density at radius 1 is 0.947 bits per heavy atom. The molecule has 3 aromatic carbocycles. The van der Waals surface area contributed by atoms with Crippen molar-refractivity contribution in [3.63, 3.8) is 0 Å². The molecular formula is C30H29F5O3. The maximum atomic E-state index is 14.7. The van der Waals surface area contributed by atoms with E-state index in [0.717, 1.165) is 24.2 Å². The monoisotopic (exact) mass is 532 g/mol. The van der Waals surface area contributed by atoms with Crippen molar-refractivity contribution in [3.8, 4) is 17.6 Å². The lowest BCUT2D eigenvalue weighted by Gasteiger charge is -2.29. The van der Waals surface area contributed by atoms with E-state index in [1.807, 2.05) is 12.1 Å². The van der Waals surface area contributed by atoms with Gasteiger partial charge in [0.1, 0.15) is 17.4 Å². The normalized spacial score (nSPS) is 17.7. The molecule has 1 fully saturated rings. The van der Waals surface area contributed by atoms with Crippen molar-refractivity contribution in [3.05, 3.63) is 76.9 Å². The van der Waals surface area contributed by atoms with E-state index >= 15 is 0 Å². The zero-order chi connectivity index (χ0) is 27.1. The molecule has 0 aromatic heterocycles. The number of ether oxygens (including phenoxy) is 3. The maximum absolute atomic E-state index is 14.7. The van der Waals surface area contributed by atoms with Gasteiger partial charge in [0.05, 0.1) is 25.4 Å². The lowest BCUT2D eigenvalue weighted by molar-refractivity contribution is -0.208. The Balaban J connectivity index is 1.31. The van der Waals surface area contributed by atoms with Crippen LogP contribution in [0, 0.1) is 29.4 Å². The largest absolute Gasteiger partial charge is 0.493 e. The van der Waals surface area contributed by atoms with Gasteiger partial charge in [-0.25, -0.2) is 8.78 Å². The second-order valence-corrected chi connectivity index (χ2v) is 9.41. The summed E-state index contributed by atoms with van der Waals surface area (Å²) in [5.41, 5.74) is 0.915. The molecule has 4 rings (SSSR count). The van der Waals surface area contributed by atoms with E-state index in [9.17, 15) is 22.0 Å². The zero-order valence-electron chi connectivity index (χ0n) is 21.0. The van der Waals surface area contributed by atoms with Crippen molar-refractivity contribution < 1.29 is 36.2 Å². The molecule has 8 heteroatoms. The number of aryl methyl sites for hydroxylation is 1. The summed E-state index contributed by atoms with van der Waals surface area (Å²) < 4.78 is 83.6. The topological polar surface area (TPSA) is 27.7 Å². The molecular weight excluding hydrogens is 503 g/mol. The summed E-state index contributed by atoms with van der Waals surface area (Å²) in [6, 6.07) is 13.5. The second kappa shape index (κ2) is 12.6. The third kappa shape index (κ3) is 7.46. The summed E-state index contributed by atoms with van der Waals surface area (Å²) in [6.07, 6.45) is 0.380. The minimum atomic E-state index is -4.85. The number of halogens is 5. The molecule has 0 amide bonds. The van der Waals surface area contributed by atoms with E-state index in [-0.39, 0.29) is 16.7 Å². The Hall–Kier alpha value is -3.15. The van der Waals surface area contributed by atoms with Crippen LogP contribution in [0.15, 0.2) is 48.5 Å². The van der Waals surface area contributed by atoms with Crippen molar-refractivity contribution >= 4 is 10.8 Å². The highest BCUT2D eigenvalue weighted by atomic mass is 19.4. The molecule has 0 unspecified atom stereocenters. The Labute approximate surface area is 218 Å². The molecule has 1 aliphatic rings. The van der Waals surface area contributed by atoms with E-state index in [4.69, 9.17) is 14.2 Å². The van der Waals surface area contributed by atoms with Gasteiger partial charge in [-0.15, -0.1) is 0 Å². The summed E-state index contributed by atoms with van der Waals surface area (Å²) >= 11 is 0. The zero-order valence-corrected chi connectivity index (χ0v) is 21.0. The highest BCUT2D eigenvalue weighted by molar-refractivity contribution is 5.85. The van der Waals surface area contributed by atoms with Crippen molar-refractivity contribution in [2.45, 2.75) is 51.5 Å². The molecule has 1 aliphatic heterocycles. The smallest absolute Gasteiger partial charge is 0.458 e. The van der Waals surface area contributed by atoms with Gasteiger partial charge in [-0.1, -0.05) is 56.4 Å². The van der Waals surface area contributed by atoms with E-state index in [0.29, 0.717) is 25.4 Å². The van der Waals surface area contributed by atoms with E-state index in [1.165, 1.54) is 49.4 Å². The lowest BCUT2D eigenvalue weighted by Crippen LogP contribution is -2.31. The Kier molecular flexibility index (Phi) is 9.24. The molecule has 0 saturated carbocycles. The van der Waals surface area contributed by atoms with Crippen molar-refractivity contribution in [1.29, 1.82) is 0 Å². The first kappa shape index (κ1) is 27.9. The van der Waals surface area contributed by atoms with E-state index in [1.54, 1.807) is 5.92 Å². The van der Waals surface area contributed by atoms with Crippen LogP contribution < -0.4 is 4.74 Å². The molecule has 3 nitrogen and oxygen atoms in total. The first-order chi connectivity index (χ1) is 18.2. The van der Waals surface area contributed by atoms with Gasteiger partial charge in [-0.3, -0.25) is 0 Å². The third-order valence-electron chi connectivity index (χ3n) is 6.35. The van der Waals surface area contributed by atoms with Crippen molar-refractivity contribution in [2.24, 2.45) is 5.92 Å². The maximum Gasteiger partial charge on any atom is 0.458 e. The van der Waals surface area contributed by atoms with Crippen molar-refractivity contribution in [2.75, 3.05) is 19.8 Å². The molecule has 1 heterocycles. The fourth-order valence-corrected chi connectivity index (χ4v) is 4.30. The number of fused-ring (bicyclic) bond motifs is 1. The highest BCUT2D eigenvalue weighted by Gasteiger charge is 2.26. The van der Waals surface area contributed by atoms with Gasteiger partial charge in [0, 0.05) is 22.8 Å². The van der Waals surface area contributed by atoms with Crippen LogP contribution in [0.5, 0.6) is 5.75 Å². The van der Waals surface area contributed by atoms with Gasteiger partial charge >= 0.3 is 6.18 Å². The average molecular weight is 533 g/mol. The Bertz CT molecular complexity index is 1280. The van der Waals surface area contributed by atoms with Crippen LogP contribution in [0.1, 0.15) is 55.6 Å². The summed E-state index contributed by atoms with van der Waals surface area (Å²) in [6.45, 7) is 3.35. The molecule has 0 N–H and O–H groups in total. The van der Waals surface area contributed by atoms with Crippen LogP contribution in [0.25, 0.3) is 10.8 Å². The van der Waals surface area contributed by atoms with Crippen LogP contribution in [0.2, 0.25) is 0 Å². The number of hydrogen-bond acceptors (Lipinski definition) is 3. The molecule has 0 radical (unpaired) electrons. The van der Waals surface area contributed by atoms with Gasteiger partial charge in [0.15, 0.2) is 6.29 Å². The Morgan fingerprint density at radius 3 is 2.37 bits per heavy atom. The fraction of sp³-hybridized carbons (Fsp3) is 0.400. The van der Waals surface area contributed by atoms with Gasteiger partial charge in [0.2, 0.25) is 0 Å². The number of alkyl halides is 3. The predicted octanol–water partition coefficient (Wildman–Crippen LogP) is 7.90. The number of hydrogen-bond donors (Lipinski definition) is 0. The molecule has 3 aromatic rings. The van der Waals surface area contributed by atoms with E-state index in [2.05, 4.69) is 19.1 Å². The molecule has 0 spiro atoms. The molecule has 0 bridgehead atoms. The quantitative estimate of drug-likeness (QED) is 0.159. The van der Waals surface area contributed by atoms with Gasteiger partial charge < -0.3 is 14.2 Å². The van der Waals surface area contributed by atoms with Gasteiger partial charge in [0.25, 0.3) is 0 Å². The Morgan fingerprint density at radius 2 is 1.68 bits per heavy atom. The van der Waals surface area contributed by atoms with Crippen LogP contribution in [0.4, 0.5) is 22.0 Å². The molecule has 202 valence electrons. The van der Waals surface area contributed by atoms with Crippen molar-refractivity contribution in [1.82, 2.24) is 0 Å². The molecule has 1 saturated heterocycles. The number of benzene rings is 3. The first-order valence-corrected chi connectivity index (χ1v) is 12.7.